The molecule has 0 aliphatic heterocycles. The molecular weight excluding hydrogens is 326 g/mol. The van der Waals surface area contributed by atoms with Gasteiger partial charge in [0.15, 0.2) is 11.6 Å². The molecule has 26 heavy (non-hydrogen) atoms. The lowest BCUT2D eigenvalue weighted by Crippen LogP contribution is -2.14. The van der Waals surface area contributed by atoms with Crippen LogP contribution in [0.1, 0.15) is 11.1 Å². The van der Waals surface area contributed by atoms with Crippen molar-refractivity contribution in [3.05, 3.63) is 84.1 Å². The highest BCUT2D eigenvalue weighted by atomic mass is 16.5. The summed E-state index contributed by atoms with van der Waals surface area (Å²) < 4.78 is 11.0. The summed E-state index contributed by atoms with van der Waals surface area (Å²) in [5.74, 6) is 2.37. The van der Waals surface area contributed by atoms with Crippen LogP contribution in [0, 0.1) is 0 Å². The van der Waals surface area contributed by atoms with Crippen LogP contribution in [0.25, 0.3) is 0 Å². The van der Waals surface area contributed by atoms with E-state index < -0.39 is 0 Å². The molecule has 3 rings (SSSR count). The minimum absolute atomic E-state index is 0.452. The van der Waals surface area contributed by atoms with Gasteiger partial charge in [0.05, 0.1) is 7.11 Å². The van der Waals surface area contributed by atoms with Gasteiger partial charge in [-0.3, -0.25) is 0 Å². The maximum atomic E-state index is 6.11. The first kappa shape index (κ1) is 17.5. The fraction of sp³-hybridized carbons (Fsp3) is 0.143. The molecule has 0 amide bonds. The van der Waals surface area contributed by atoms with Crippen LogP contribution in [-0.4, -0.2) is 17.9 Å². The van der Waals surface area contributed by atoms with Gasteiger partial charge in [0.1, 0.15) is 18.2 Å². The molecule has 5 heteroatoms. The average Bonchev–Trinajstić information content (AvgIpc) is 2.68. The molecule has 2 aromatic carbocycles. The SMILES string of the molecule is COc1ccc(C/C(N)=N\c2ncccc2OCc2ccccc2)cc1. The summed E-state index contributed by atoms with van der Waals surface area (Å²) in [4.78, 5) is 8.72. The van der Waals surface area contributed by atoms with Gasteiger partial charge in [-0.05, 0) is 35.4 Å². The number of aliphatic imine (C=N–C) groups is 1. The molecule has 0 saturated heterocycles. The van der Waals surface area contributed by atoms with Crippen molar-refractivity contribution in [3.63, 3.8) is 0 Å². The second-order valence-corrected chi connectivity index (χ2v) is 5.73. The molecule has 0 atom stereocenters. The van der Waals surface area contributed by atoms with Crippen LogP contribution >= 0.6 is 0 Å². The maximum absolute atomic E-state index is 6.11. The number of benzene rings is 2. The Morgan fingerprint density at radius 2 is 1.73 bits per heavy atom. The maximum Gasteiger partial charge on any atom is 0.196 e. The molecule has 3 aromatic rings. The summed E-state index contributed by atoms with van der Waals surface area (Å²) in [6.45, 7) is 0.452. The largest absolute Gasteiger partial charge is 0.497 e. The summed E-state index contributed by atoms with van der Waals surface area (Å²) in [5, 5.41) is 0. The zero-order valence-electron chi connectivity index (χ0n) is 14.6. The minimum Gasteiger partial charge on any atom is -0.497 e. The van der Waals surface area contributed by atoms with Crippen LogP contribution in [0.2, 0.25) is 0 Å². The van der Waals surface area contributed by atoms with E-state index in [9.17, 15) is 0 Å². The third-order valence-electron chi connectivity index (χ3n) is 3.78. The van der Waals surface area contributed by atoms with Crippen molar-refractivity contribution in [2.24, 2.45) is 10.7 Å². The molecule has 1 aromatic heterocycles. The van der Waals surface area contributed by atoms with E-state index in [4.69, 9.17) is 15.2 Å². The van der Waals surface area contributed by atoms with Crippen LogP contribution < -0.4 is 15.2 Å². The molecule has 0 saturated carbocycles. The van der Waals surface area contributed by atoms with E-state index >= 15 is 0 Å². The van der Waals surface area contributed by atoms with E-state index in [0.29, 0.717) is 30.4 Å². The fourth-order valence-corrected chi connectivity index (χ4v) is 2.44. The van der Waals surface area contributed by atoms with Gasteiger partial charge < -0.3 is 15.2 Å². The number of hydrogen-bond donors (Lipinski definition) is 1. The van der Waals surface area contributed by atoms with Gasteiger partial charge in [0.2, 0.25) is 0 Å². The first-order valence-electron chi connectivity index (χ1n) is 8.32. The number of rotatable bonds is 7. The second-order valence-electron chi connectivity index (χ2n) is 5.73. The van der Waals surface area contributed by atoms with Crippen molar-refractivity contribution in [1.82, 2.24) is 4.98 Å². The van der Waals surface area contributed by atoms with Gasteiger partial charge in [0.25, 0.3) is 0 Å². The predicted molar refractivity (Wildman–Crippen MR) is 103 cm³/mol. The Labute approximate surface area is 153 Å². The Hall–Kier alpha value is -3.34. The Kier molecular flexibility index (Phi) is 5.83. The molecular formula is C21H21N3O2. The number of pyridine rings is 1. The number of aromatic nitrogens is 1. The Morgan fingerprint density at radius 1 is 0.962 bits per heavy atom. The van der Waals surface area contributed by atoms with Crippen molar-refractivity contribution in [2.45, 2.75) is 13.0 Å². The van der Waals surface area contributed by atoms with E-state index in [-0.39, 0.29) is 0 Å². The third-order valence-corrected chi connectivity index (χ3v) is 3.78. The van der Waals surface area contributed by atoms with E-state index in [1.165, 1.54) is 0 Å². The van der Waals surface area contributed by atoms with Gasteiger partial charge in [0, 0.05) is 12.6 Å². The molecule has 0 radical (unpaired) electrons. The smallest absolute Gasteiger partial charge is 0.196 e. The number of nitrogens with zero attached hydrogens (tertiary/aromatic N) is 2. The van der Waals surface area contributed by atoms with Gasteiger partial charge in [-0.25, -0.2) is 9.98 Å². The number of amidine groups is 1. The van der Waals surface area contributed by atoms with Crippen molar-refractivity contribution in [2.75, 3.05) is 7.11 Å². The lowest BCUT2D eigenvalue weighted by atomic mass is 10.1. The second kappa shape index (κ2) is 8.67. The number of methoxy groups -OCH3 is 1. The normalized spacial score (nSPS) is 11.2. The topological polar surface area (TPSA) is 69.7 Å². The van der Waals surface area contributed by atoms with E-state index in [1.807, 2.05) is 66.7 Å². The molecule has 0 aliphatic carbocycles. The van der Waals surface area contributed by atoms with Gasteiger partial charge in [-0.2, -0.15) is 0 Å². The van der Waals surface area contributed by atoms with Gasteiger partial charge >= 0.3 is 0 Å². The molecule has 5 nitrogen and oxygen atoms in total. The standard InChI is InChI=1S/C21H21N3O2/c1-25-18-11-9-16(10-12-18)14-20(22)24-21-19(8-5-13-23-21)26-15-17-6-3-2-4-7-17/h2-13H,14-15H2,1H3,(H2,22,23,24). The van der Waals surface area contributed by atoms with Crippen LogP contribution in [0.4, 0.5) is 5.82 Å². The quantitative estimate of drug-likeness (QED) is 0.520. The molecule has 0 unspecified atom stereocenters. The highest BCUT2D eigenvalue weighted by Crippen LogP contribution is 2.25. The summed E-state index contributed by atoms with van der Waals surface area (Å²) in [6, 6.07) is 21.3. The molecule has 1 heterocycles. The van der Waals surface area contributed by atoms with Crippen molar-refractivity contribution in [3.8, 4) is 11.5 Å². The van der Waals surface area contributed by atoms with Gasteiger partial charge in [-0.15, -0.1) is 0 Å². The molecule has 132 valence electrons. The zero-order chi connectivity index (χ0) is 18.2. The van der Waals surface area contributed by atoms with Crippen LogP contribution in [0.5, 0.6) is 11.5 Å². The van der Waals surface area contributed by atoms with Crippen LogP contribution in [-0.2, 0) is 13.0 Å². The predicted octanol–water partition coefficient (Wildman–Crippen LogP) is 3.90. The highest BCUT2D eigenvalue weighted by Gasteiger charge is 2.06. The lowest BCUT2D eigenvalue weighted by Gasteiger charge is -2.09. The average molecular weight is 347 g/mol. The molecule has 2 N–H and O–H groups in total. The zero-order valence-corrected chi connectivity index (χ0v) is 14.6. The number of hydrogen-bond acceptors (Lipinski definition) is 4. The van der Waals surface area contributed by atoms with Crippen molar-refractivity contribution < 1.29 is 9.47 Å². The first-order chi connectivity index (χ1) is 12.7. The number of nitrogens with two attached hydrogens (primary N) is 1. The van der Waals surface area contributed by atoms with Crippen LogP contribution in [0.3, 0.4) is 0 Å². The van der Waals surface area contributed by atoms with Crippen molar-refractivity contribution >= 4 is 11.7 Å². The summed E-state index contributed by atoms with van der Waals surface area (Å²) in [5.41, 5.74) is 8.24. The highest BCUT2D eigenvalue weighted by molar-refractivity contribution is 5.85. The molecule has 0 spiro atoms. The van der Waals surface area contributed by atoms with E-state index in [0.717, 1.165) is 16.9 Å². The minimum atomic E-state index is 0.452. The monoisotopic (exact) mass is 347 g/mol. The number of ether oxygens (including phenoxy) is 2. The summed E-state index contributed by atoms with van der Waals surface area (Å²) in [6.07, 6.45) is 2.20. The summed E-state index contributed by atoms with van der Waals surface area (Å²) >= 11 is 0. The Balaban J connectivity index is 1.70. The third kappa shape index (κ3) is 4.83. The molecule has 0 fully saturated rings. The van der Waals surface area contributed by atoms with Crippen molar-refractivity contribution in [1.29, 1.82) is 0 Å². The summed E-state index contributed by atoms with van der Waals surface area (Å²) in [7, 11) is 1.64. The molecule has 0 aliphatic rings. The van der Waals surface area contributed by atoms with E-state index in [1.54, 1.807) is 13.3 Å². The van der Waals surface area contributed by atoms with Crippen LogP contribution in [0.15, 0.2) is 77.9 Å². The molecule has 0 bridgehead atoms. The Morgan fingerprint density at radius 3 is 2.46 bits per heavy atom. The lowest BCUT2D eigenvalue weighted by molar-refractivity contribution is 0.306. The Bertz CT molecular complexity index is 862. The van der Waals surface area contributed by atoms with E-state index in [2.05, 4.69) is 9.98 Å². The fourth-order valence-electron chi connectivity index (χ4n) is 2.44. The van der Waals surface area contributed by atoms with Gasteiger partial charge in [-0.1, -0.05) is 42.5 Å². The first-order valence-corrected chi connectivity index (χ1v) is 8.32.